The van der Waals surface area contributed by atoms with Gasteiger partial charge in [-0.3, -0.25) is 28.9 Å². The number of ketones is 3. The number of ether oxygens (including phenoxy) is 8. The van der Waals surface area contributed by atoms with Crippen molar-refractivity contribution < 1.29 is 71.5 Å². The zero-order valence-corrected chi connectivity index (χ0v) is 83.9. The summed E-state index contributed by atoms with van der Waals surface area (Å²) in [4.78, 5) is 127. The number of halogens is 8. The van der Waals surface area contributed by atoms with E-state index in [1.807, 2.05) is 115 Å². The fourth-order valence-electron chi connectivity index (χ4n) is 13.4. The molecule has 0 unspecified atom stereocenters. The Morgan fingerprint density at radius 2 is 0.946 bits per heavy atom. The molecule has 0 bridgehead atoms. The minimum atomic E-state index is -1.06. The van der Waals surface area contributed by atoms with Crippen molar-refractivity contribution in [3.8, 4) is 23.0 Å². The van der Waals surface area contributed by atoms with Crippen molar-refractivity contribution in [2.45, 2.75) is 86.8 Å². The first kappa shape index (κ1) is 97.2. The van der Waals surface area contributed by atoms with E-state index in [0.717, 1.165) is 91.5 Å². The molecule has 2 aliphatic heterocycles. The maximum absolute atomic E-state index is 13.1. The summed E-state index contributed by atoms with van der Waals surface area (Å²) in [6, 6.07) is 47.2. The molecule has 0 spiro atoms. The number of benzene rings is 9. The van der Waals surface area contributed by atoms with Gasteiger partial charge in [0.05, 0.1) is 69.7 Å². The van der Waals surface area contributed by atoms with Gasteiger partial charge in [0.15, 0.2) is 40.3 Å². The average Bonchev–Trinajstić information content (AvgIpc) is 0.885. The van der Waals surface area contributed by atoms with Gasteiger partial charge in [-0.05, 0) is 254 Å². The van der Waals surface area contributed by atoms with Crippen LogP contribution in [0.1, 0.15) is 70.0 Å². The second-order valence-electron chi connectivity index (χ2n) is 28.7. The first-order chi connectivity index (χ1) is 61.6. The van der Waals surface area contributed by atoms with Gasteiger partial charge < -0.3 is 43.2 Å². The molecule has 7 heterocycles. The number of carbonyl (C=O) groups is 7. The summed E-state index contributed by atoms with van der Waals surface area (Å²) < 4.78 is 48.9. The molecule has 1 N–H and O–H groups in total. The van der Waals surface area contributed by atoms with Crippen LogP contribution in [0.5, 0.6) is 23.0 Å². The number of aryl methyl sites for hydroxylation is 2. The van der Waals surface area contributed by atoms with Crippen LogP contribution in [0.4, 0.5) is 9.59 Å². The second kappa shape index (κ2) is 44.3. The molecule has 9 aromatic carbocycles. The molecular weight excluding hydrogens is 2210 g/mol. The van der Waals surface area contributed by atoms with Crippen LogP contribution in [0, 0.1) is 13.8 Å². The number of hydrogen-bond donors (Lipinski definition) is 1. The van der Waals surface area contributed by atoms with Gasteiger partial charge in [0.2, 0.25) is 19.5 Å². The van der Waals surface area contributed by atoms with Crippen molar-refractivity contribution in [1.82, 2.24) is 50.1 Å². The van der Waals surface area contributed by atoms with Crippen LogP contribution in [0.25, 0.3) is 88.3 Å². The van der Waals surface area contributed by atoms with Gasteiger partial charge in [0.25, 0.3) is 5.91 Å². The Morgan fingerprint density at radius 3 is 1.45 bits per heavy atom. The fourth-order valence-corrected chi connectivity index (χ4v) is 22.3. The summed E-state index contributed by atoms with van der Waals surface area (Å²) >= 11 is 33.7. The summed E-state index contributed by atoms with van der Waals surface area (Å²) in [5.41, 5.74) is 16.6. The number of thiophene rings is 1. The Hall–Kier alpha value is -9.31. The molecule has 0 radical (unpaired) electrons. The van der Waals surface area contributed by atoms with Crippen molar-refractivity contribution in [2.24, 2.45) is 0 Å². The van der Waals surface area contributed by atoms with Crippen molar-refractivity contribution in [2.75, 3.05) is 50.7 Å². The summed E-state index contributed by atoms with van der Waals surface area (Å²) in [5, 5.41) is 4.97. The average molecular weight is 2280 g/mol. The Morgan fingerprint density at radius 1 is 0.488 bits per heavy atom. The Bertz CT molecular complexity index is 6890. The molecule has 17 rings (SSSR count). The van der Waals surface area contributed by atoms with E-state index in [9.17, 15) is 33.6 Å². The molecule has 37 heteroatoms. The zero-order valence-electron chi connectivity index (χ0n) is 68.7. The lowest BCUT2D eigenvalue weighted by Crippen LogP contribution is -2.70. The molecule has 664 valence electrons. The molecule has 2 atom stereocenters. The van der Waals surface area contributed by atoms with E-state index in [2.05, 4.69) is 175 Å². The van der Waals surface area contributed by atoms with Crippen LogP contribution >= 0.6 is 168 Å². The van der Waals surface area contributed by atoms with Crippen LogP contribution in [-0.4, -0.2) is 148 Å². The largest absolute Gasteiger partial charge is 0.511 e. The lowest BCUT2D eigenvalue weighted by atomic mass is 9.86. The van der Waals surface area contributed by atoms with E-state index < -0.39 is 25.1 Å². The number of rotatable bonds is 24. The minimum Gasteiger partial charge on any atom is -0.486 e. The molecule has 5 aromatic heterocycles. The van der Waals surface area contributed by atoms with Gasteiger partial charge in [-0.15, -0.1) is 23.1 Å². The number of amides is 2. The van der Waals surface area contributed by atoms with Crippen LogP contribution < -0.4 is 24.3 Å². The summed E-state index contributed by atoms with van der Waals surface area (Å²) in [6.07, 6.45) is -0.474. The highest BCUT2D eigenvalue weighted by Crippen LogP contribution is 2.45. The molecule has 1 saturated heterocycles. The summed E-state index contributed by atoms with van der Waals surface area (Å²) in [6.45, 7) is 12.1. The first-order valence-corrected chi connectivity index (χ1v) is 49.5. The predicted octanol–water partition coefficient (Wildman–Crippen LogP) is 24.5. The van der Waals surface area contributed by atoms with Gasteiger partial charge >= 0.3 is 12.3 Å². The monoisotopic (exact) mass is 2280 g/mol. The van der Waals surface area contributed by atoms with E-state index in [1.54, 1.807) is 59.7 Å². The van der Waals surface area contributed by atoms with Gasteiger partial charge in [-0.2, -0.15) is 0 Å². The number of fused-ring (bicyclic) bond motifs is 9. The number of nitrogens with zero attached hydrogens (tertiary/aromatic N) is 9. The maximum Gasteiger partial charge on any atom is 0.511 e. The molecule has 1 fully saturated rings. The quantitative estimate of drug-likeness (QED) is 0.0112. The lowest BCUT2D eigenvalue weighted by molar-refractivity contribution is -0.147. The fraction of sp³-hybridized carbons (Fsp3) is 0.228. The van der Waals surface area contributed by atoms with Gasteiger partial charge in [-0.1, -0.05) is 120 Å². The molecular formula is C92H76Br7ClN10O15S4. The zero-order chi connectivity index (χ0) is 90.7. The minimum absolute atomic E-state index is 0. The van der Waals surface area contributed by atoms with Crippen LogP contribution in [-0.2, 0) is 55.9 Å². The molecule has 1 aliphatic carbocycles. The van der Waals surface area contributed by atoms with Crippen molar-refractivity contribution in [1.29, 1.82) is 0 Å². The SMILES string of the molecule is C.CC(=O)C1=C(COc2c(Br)cc(Br)c3nc4ccccc4nc23)CS[C@@H]2[C@H](NC(=O)Cc3cccs3)C(=O)N12.CC1=C(C)C(=O)C(COC(=O)OCOc2c(Br)cc(Br)c3nc4cc(Cl)ccc4nc23)=C(C)C1=O.CCCSSCCOC(=O)OCOc1c(Br)cc(Br)c2nc3ccccc3nc12.Cc1ccc(COc2c(C)cc(Br)c3nc4ccccc4nc23)cc1. The number of Topliss-reactive ketones (excluding diaryl/α,β-unsaturated/α-hetero) is 3. The van der Waals surface area contributed by atoms with Crippen LogP contribution in [0.2, 0.25) is 5.02 Å². The van der Waals surface area contributed by atoms with Crippen molar-refractivity contribution >= 4 is 298 Å². The topological polar surface area (TPSA) is 312 Å². The second-order valence-corrected chi connectivity index (χ2v) is 39.9. The molecule has 2 amide bonds. The third-order valence-corrected chi connectivity index (χ3v) is 29.1. The van der Waals surface area contributed by atoms with E-state index in [-0.39, 0.29) is 79.5 Å². The number of β-lactam (4-membered cyclic amide) rings is 1. The third kappa shape index (κ3) is 22.9. The summed E-state index contributed by atoms with van der Waals surface area (Å²) in [7, 11) is 3.44. The van der Waals surface area contributed by atoms with E-state index in [1.165, 1.54) is 47.4 Å². The number of hydrogen-bond acceptors (Lipinski definition) is 27. The lowest BCUT2D eigenvalue weighted by Gasteiger charge is -2.50. The molecule has 0 saturated carbocycles. The van der Waals surface area contributed by atoms with Crippen LogP contribution in [0.3, 0.4) is 0 Å². The number of aromatic nitrogens is 8. The number of nitrogens with one attached hydrogen (secondary N) is 1. The number of allylic oxidation sites excluding steroid dienone is 4. The van der Waals surface area contributed by atoms with Crippen LogP contribution in [0.15, 0.2) is 222 Å². The van der Waals surface area contributed by atoms with Crippen molar-refractivity contribution in [3.63, 3.8) is 0 Å². The Balaban J connectivity index is 0.000000148. The molecule has 25 nitrogen and oxygen atoms in total. The molecule has 14 aromatic rings. The highest BCUT2D eigenvalue weighted by Gasteiger charge is 2.53. The predicted molar refractivity (Wildman–Crippen MR) is 532 cm³/mol. The number of para-hydroxylation sites is 6. The normalized spacial score (nSPS) is 14.2. The number of thioether (sulfide) groups is 1. The van der Waals surface area contributed by atoms with Crippen molar-refractivity contribution in [3.05, 3.63) is 249 Å². The Kier molecular flexibility index (Phi) is 33.4. The standard InChI is InChI=1S/C27H20Br2N4O4S2.C24H17Br2ClN2O6.C21H17BrN2O.C19H18Br2N2O4S2.CH4/c1-13(34)24-14(12-39-27-23(26(36)33(24)27)32-20(35)9-15-5-4-8-38-15)11-37-25-17(29)10-16(28)21-22(25)31-19-7-3-2-6-18(19)30-21;1-10-11(2)22(31)14(12(3)21(10)30)8-33-24(32)35-9-34-23-16(26)7-15(25)19-20(23)28-17-5-4-13(27)6-18(17)29-19;1-13-7-9-15(10-8-13)12-25-21-14(2)11-16(22)19-20(21)24-18-6-4-3-5-17(18)23-19;1-2-8-28-29-9-7-25-19(24)27-11-26-18-13(21)10-12(20)16-17(18)23-15-6-4-3-5-14(15)22-16;/h2-8,10,23,27H,9,11-12H2,1H3,(H,32,35);4-7H,8-9H2,1-3H3;3-11H,12H2,1-2H3;3-6,10H,2,7-9,11H2,1H3;1H4/t23-,27-;;;;/m1..../s1. The van der Waals surface area contributed by atoms with E-state index in [0.29, 0.717) is 131 Å². The van der Waals surface area contributed by atoms with E-state index in [4.69, 9.17) is 69.4 Å². The van der Waals surface area contributed by atoms with Gasteiger partial charge in [0, 0.05) is 79.8 Å². The highest BCUT2D eigenvalue weighted by atomic mass is 79.9. The smallest absolute Gasteiger partial charge is 0.486 e. The third-order valence-electron chi connectivity index (χ3n) is 19.9. The van der Waals surface area contributed by atoms with E-state index >= 15 is 0 Å². The van der Waals surface area contributed by atoms with Gasteiger partial charge in [0.1, 0.15) is 82.0 Å². The number of carbonyl (C=O) groups excluding carboxylic acids is 7. The summed E-state index contributed by atoms with van der Waals surface area (Å²) in [5.74, 6) is 3.03. The first-order valence-electron chi connectivity index (χ1n) is 39.2. The molecule has 3 aliphatic rings. The maximum atomic E-state index is 13.1. The highest BCUT2D eigenvalue weighted by molar-refractivity contribution is 9.12. The Labute approximate surface area is 819 Å². The molecule has 129 heavy (non-hydrogen) atoms. The van der Waals surface area contributed by atoms with Gasteiger partial charge in [-0.25, -0.2) is 49.5 Å².